The van der Waals surface area contributed by atoms with Crippen molar-refractivity contribution in [2.24, 2.45) is 0 Å². The molecule has 0 fully saturated rings. The lowest BCUT2D eigenvalue weighted by atomic mass is 9.99. The monoisotopic (exact) mass is 420 g/mol. The van der Waals surface area contributed by atoms with E-state index in [4.69, 9.17) is 25.5 Å². The van der Waals surface area contributed by atoms with Gasteiger partial charge in [-0.05, 0) is 23.8 Å². The molecule has 0 N–H and O–H groups in total. The van der Waals surface area contributed by atoms with Crippen molar-refractivity contribution in [2.45, 2.75) is 10.6 Å². The SMILES string of the molecule is COC(=O)c1c(CS(=O)(=O)c2ccccc2Cl)ccc(-c2ccoc2)c1OC. The van der Waals surface area contributed by atoms with Gasteiger partial charge in [0.1, 0.15) is 11.3 Å². The Kier molecular flexibility index (Phi) is 5.76. The molecule has 8 heteroatoms. The molecule has 1 heterocycles. The Labute approximate surface area is 167 Å². The second kappa shape index (κ2) is 8.08. The van der Waals surface area contributed by atoms with Crippen molar-refractivity contribution in [3.05, 3.63) is 71.1 Å². The highest BCUT2D eigenvalue weighted by atomic mass is 35.5. The van der Waals surface area contributed by atoms with E-state index in [0.29, 0.717) is 11.1 Å². The van der Waals surface area contributed by atoms with Crippen LogP contribution in [-0.4, -0.2) is 28.6 Å². The van der Waals surface area contributed by atoms with Gasteiger partial charge in [-0.25, -0.2) is 13.2 Å². The van der Waals surface area contributed by atoms with E-state index in [-0.39, 0.29) is 26.8 Å². The zero-order chi connectivity index (χ0) is 20.3. The summed E-state index contributed by atoms with van der Waals surface area (Å²) in [4.78, 5) is 12.5. The Balaban J connectivity index is 2.16. The van der Waals surface area contributed by atoms with E-state index in [1.807, 2.05) is 0 Å². The van der Waals surface area contributed by atoms with Crippen LogP contribution in [0.3, 0.4) is 0 Å². The predicted octanol–water partition coefficient (Wildman–Crippen LogP) is 4.37. The van der Waals surface area contributed by atoms with Gasteiger partial charge >= 0.3 is 5.97 Å². The lowest BCUT2D eigenvalue weighted by Gasteiger charge is -2.16. The van der Waals surface area contributed by atoms with Gasteiger partial charge in [0, 0.05) is 11.1 Å². The number of carbonyl (C=O) groups is 1. The summed E-state index contributed by atoms with van der Waals surface area (Å²) in [6.45, 7) is 0. The lowest BCUT2D eigenvalue weighted by Crippen LogP contribution is -2.13. The highest BCUT2D eigenvalue weighted by Gasteiger charge is 2.27. The minimum atomic E-state index is -3.81. The Hall–Kier alpha value is -2.77. The summed E-state index contributed by atoms with van der Waals surface area (Å²) in [5, 5.41) is 0.115. The second-order valence-corrected chi connectivity index (χ2v) is 8.24. The van der Waals surface area contributed by atoms with Crippen LogP contribution in [0.25, 0.3) is 11.1 Å². The fourth-order valence-corrected chi connectivity index (χ4v) is 4.85. The summed E-state index contributed by atoms with van der Waals surface area (Å²) in [6.07, 6.45) is 2.99. The van der Waals surface area contributed by atoms with E-state index in [1.54, 1.807) is 30.3 Å². The molecule has 146 valence electrons. The number of esters is 1. The third kappa shape index (κ3) is 3.76. The maximum Gasteiger partial charge on any atom is 0.341 e. The molecule has 0 aliphatic heterocycles. The number of sulfone groups is 1. The van der Waals surface area contributed by atoms with E-state index in [2.05, 4.69) is 0 Å². The van der Waals surface area contributed by atoms with Gasteiger partial charge < -0.3 is 13.9 Å². The molecule has 0 atom stereocenters. The number of benzene rings is 2. The van der Waals surface area contributed by atoms with Gasteiger partial charge in [0.25, 0.3) is 0 Å². The molecule has 28 heavy (non-hydrogen) atoms. The zero-order valence-electron chi connectivity index (χ0n) is 15.1. The molecule has 0 radical (unpaired) electrons. The van der Waals surface area contributed by atoms with Crippen LogP contribution in [0, 0.1) is 0 Å². The number of methoxy groups -OCH3 is 2. The van der Waals surface area contributed by atoms with Crippen LogP contribution in [0.5, 0.6) is 5.75 Å². The Morgan fingerprint density at radius 1 is 1.11 bits per heavy atom. The third-order valence-electron chi connectivity index (χ3n) is 4.19. The van der Waals surface area contributed by atoms with Gasteiger partial charge in [0.05, 0.1) is 42.4 Å². The Bertz CT molecular complexity index is 1100. The van der Waals surface area contributed by atoms with Crippen molar-refractivity contribution in [1.82, 2.24) is 0 Å². The van der Waals surface area contributed by atoms with Gasteiger partial charge in [-0.3, -0.25) is 0 Å². The van der Waals surface area contributed by atoms with Crippen LogP contribution in [0.4, 0.5) is 0 Å². The van der Waals surface area contributed by atoms with Crippen LogP contribution in [0.2, 0.25) is 5.02 Å². The molecule has 3 aromatic rings. The molecule has 0 unspecified atom stereocenters. The van der Waals surface area contributed by atoms with E-state index in [0.717, 1.165) is 0 Å². The molecule has 0 bridgehead atoms. The van der Waals surface area contributed by atoms with Crippen LogP contribution in [0.1, 0.15) is 15.9 Å². The smallest absolute Gasteiger partial charge is 0.341 e. The van der Waals surface area contributed by atoms with Crippen LogP contribution >= 0.6 is 11.6 Å². The molecular formula is C20H17ClO6S. The van der Waals surface area contributed by atoms with Crippen molar-refractivity contribution < 1.29 is 27.1 Å². The van der Waals surface area contributed by atoms with Crippen molar-refractivity contribution in [1.29, 1.82) is 0 Å². The van der Waals surface area contributed by atoms with Crippen molar-refractivity contribution >= 4 is 27.4 Å². The molecule has 6 nitrogen and oxygen atoms in total. The summed E-state index contributed by atoms with van der Waals surface area (Å²) in [7, 11) is -1.19. The molecule has 0 saturated heterocycles. The first-order chi connectivity index (χ1) is 13.4. The maximum absolute atomic E-state index is 12.9. The zero-order valence-corrected chi connectivity index (χ0v) is 16.7. The second-order valence-electron chi connectivity index (χ2n) is 5.87. The molecule has 0 aliphatic rings. The van der Waals surface area contributed by atoms with Gasteiger partial charge in [-0.2, -0.15) is 0 Å². The largest absolute Gasteiger partial charge is 0.495 e. The third-order valence-corrected chi connectivity index (χ3v) is 6.35. The molecule has 1 aromatic heterocycles. The minimum Gasteiger partial charge on any atom is -0.495 e. The summed E-state index contributed by atoms with van der Waals surface area (Å²) < 4.78 is 41.2. The molecular weight excluding hydrogens is 404 g/mol. The van der Waals surface area contributed by atoms with Crippen LogP contribution < -0.4 is 4.74 Å². The van der Waals surface area contributed by atoms with Gasteiger partial charge in [-0.1, -0.05) is 35.9 Å². The maximum atomic E-state index is 12.9. The summed E-state index contributed by atoms with van der Waals surface area (Å²) in [6, 6.07) is 11.1. The fourth-order valence-electron chi connectivity index (χ4n) is 2.91. The molecule has 0 saturated carbocycles. The Morgan fingerprint density at radius 3 is 2.46 bits per heavy atom. The van der Waals surface area contributed by atoms with Crippen LogP contribution in [-0.2, 0) is 20.3 Å². The van der Waals surface area contributed by atoms with Gasteiger partial charge in [0.2, 0.25) is 0 Å². The molecule has 0 amide bonds. The highest BCUT2D eigenvalue weighted by molar-refractivity contribution is 7.90. The average Bonchev–Trinajstić information content (AvgIpc) is 3.21. The lowest BCUT2D eigenvalue weighted by molar-refractivity contribution is 0.0596. The molecule has 0 aliphatic carbocycles. The topological polar surface area (TPSA) is 82.8 Å². The number of carbonyl (C=O) groups excluding carboxylic acids is 1. The molecule has 2 aromatic carbocycles. The van der Waals surface area contributed by atoms with Crippen molar-refractivity contribution in [2.75, 3.05) is 14.2 Å². The first kappa shape index (κ1) is 20.0. The number of hydrogen-bond acceptors (Lipinski definition) is 6. The average molecular weight is 421 g/mol. The van der Waals surface area contributed by atoms with E-state index in [1.165, 1.54) is 38.9 Å². The quantitative estimate of drug-likeness (QED) is 0.550. The number of hydrogen-bond donors (Lipinski definition) is 0. The fraction of sp³-hybridized carbons (Fsp3) is 0.150. The van der Waals surface area contributed by atoms with E-state index in [9.17, 15) is 13.2 Å². The number of ether oxygens (including phenoxy) is 2. The first-order valence-corrected chi connectivity index (χ1v) is 10.2. The summed E-state index contributed by atoms with van der Waals surface area (Å²) in [5.74, 6) is -0.935. The minimum absolute atomic E-state index is 0.00893. The highest BCUT2D eigenvalue weighted by Crippen LogP contribution is 2.37. The molecule has 3 rings (SSSR count). The van der Waals surface area contributed by atoms with E-state index < -0.39 is 21.6 Å². The van der Waals surface area contributed by atoms with E-state index >= 15 is 0 Å². The first-order valence-electron chi connectivity index (χ1n) is 8.17. The standard InChI is InChI=1S/C20H17ClO6S/c1-25-19-15(13-9-10-27-11-13)8-7-14(18(19)20(22)26-2)12-28(23,24)17-6-4-3-5-16(17)21/h3-11H,12H2,1-2H3. The van der Waals surface area contributed by atoms with Crippen molar-refractivity contribution in [3.63, 3.8) is 0 Å². The van der Waals surface area contributed by atoms with Gasteiger partial charge in [-0.15, -0.1) is 0 Å². The van der Waals surface area contributed by atoms with Crippen LogP contribution in [0.15, 0.2) is 64.3 Å². The van der Waals surface area contributed by atoms with Gasteiger partial charge in [0.15, 0.2) is 9.84 Å². The Morgan fingerprint density at radius 2 is 1.86 bits per heavy atom. The molecule has 0 spiro atoms. The summed E-state index contributed by atoms with van der Waals surface area (Å²) in [5.41, 5.74) is 1.55. The van der Waals surface area contributed by atoms with Crippen molar-refractivity contribution in [3.8, 4) is 16.9 Å². The summed E-state index contributed by atoms with van der Waals surface area (Å²) >= 11 is 6.05. The number of halogens is 1. The predicted molar refractivity (Wildman–Crippen MR) is 104 cm³/mol. The normalized spacial score (nSPS) is 11.2. The number of furan rings is 1. The number of rotatable bonds is 6.